The molecule has 33 heavy (non-hydrogen) atoms. The van der Waals surface area contributed by atoms with Crippen LogP contribution in [0, 0.1) is 0 Å². The van der Waals surface area contributed by atoms with Crippen LogP contribution in [0.2, 0.25) is 0 Å². The van der Waals surface area contributed by atoms with Crippen molar-refractivity contribution in [2.75, 3.05) is 40.3 Å². The summed E-state index contributed by atoms with van der Waals surface area (Å²) in [5.74, 6) is -0.299. The molecule has 9 heteroatoms. The van der Waals surface area contributed by atoms with Gasteiger partial charge in [0.15, 0.2) is 5.82 Å². The smallest absolute Gasteiger partial charge is 0.287 e. The molecule has 0 aliphatic carbocycles. The minimum Gasteiger partial charge on any atom is -0.349 e. The van der Waals surface area contributed by atoms with Crippen LogP contribution in [0.25, 0.3) is 10.9 Å². The largest absolute Gasteiger partial charge is 0.349 e. The zero-order valence-electron chi connectivity index (χ0n) is 19.1. The number of fused-ring (bicyclic) bond motifs is 1. The first-order valence-corrected chi connectivity index (χ1v) is 10.7. The summed E-state index contributed by atoms with van der Waals surface area (Å²) in [5.41, 5.74) is 1.55. The van der Waals surface area contributed by atoms with Crippen LogP contribution in [0.5, 0.6) is 0 Å². The fourth-order valence-electron chi connectivity index (χ4n) is 3.53. The van der Waals surface area contributed by atoms with Crippen LogP contribution in [0.15, 0.2) is 59.4 Å². The lowest BCUT2D eigenvalue weighted by atomic mass is 10.2. The molecular formula is C24H33Cl2N5O2. The highest BCUT2D eigenvalue weighted by Crippen LogP contribution is 2.06. The molecule has 0 bridgehead atoms. The quantitative estimate of drug-likeness (QED) is 0.400. The predicted octanol–water partition coefficient (Wildman–Crippen LogP) is 3.34. The van der Waals surface area contributed by atoms with Gasteiger partial charge in [-0.25, -0.2) is 4.98 Å². The molecule has 0 saturated carbocycles. The van der Waals surface area contributed by atoms with E-state index in [4.69, 9.17) is 0 Å². The number of carbonyl (C=O) groups is 1. The number of benzene rings is 2. The van der Waals surface area contributed by atoms with E-state index in [1.54, 1.807) is 24.3 Å². The van der Waals surface area contributed by atoms with Crippen LogP contribution < -0.4 is 10.9 Å². The topological polar surface area (TPSA) is 81.3 Å². The molecule has 1 heterocycles. The highest BCUT2D eigenvalue weighted by atomic mass is 35.5. The van der Waals surface area contributed by atoms with Gasteiger partial charge in [-0.15, -0.1) is 24.8 Å². The van der Waals surface area contributed by atoms with Crippen molar-refractivity contribution >= 4 is 41.6 Å². The molecule has 0 aliphatic rings. The van der Waals surface area contributed by atoms with E-state index in [0.717, 1.165) is 39.0 Å². The molecule has 2 aromatic carbocycles. The van der Waals surface area contributed by atoms with Crippen molar-refractivity contribution in [3.8, 4) is 0 Å². The van der Waals surface area contributed by atoms with Gasteiger partial charge in [0.05, 0.1) is 10.9 Å². The molecule has 0 unspecified atom stereocenters. The lowest BCUT2D eigenvalue weighted by Gasteiger charge is -2.20. The molecule has 0 aliphatic heterocycles. The molecule has 3 rings (SSSR count). The van der Waals surface area contributed by atoms with E-state index in [1.807, 2.05) is 6.07 Å². The molecule has 2 N–H and O–H groups in total. The minimum atomic E-state index is -0.354. The second-order valence-corrected chi connectivity index (χ2v) is 7.92. The van der Waals surface area contributed by atoms with Crippen LogP contribution in [-0.4, -0.2) is 65.9 Å². The number of hydrogen-bond donors (Lipinski definition) is 2. The highest BCUT2D eigenvalue weighted by Gasteiger charge is 2.11. The Kier molecular flexibility index (Phi) is 12.7. The molecule has 0 saturated heterocycles. The van der Waals surface area contributed by atoms with Crippen LogP contribution in [0.4, 0.5) is 0 Å². The second-order valence-electron chi connectivity index (χ2n) is 7.92. The average molecular weight is 494 g/mol. The van der Waals surface area contributed by atoms with Crippen LogP contribution in [0.1, 0.15) is 29.0 Å². The Balaban J connectivity index is 0.00000272. The Bertz CT molecular complexity index is 1050. The third kappa shape index (κ3) is 9.14. The number of nitrogens with one attached hydrogen (secondary N) is 2. The number of rotatable bonds is 11. The highest BCUT2D eigenvalue weighted by molar-refractivity contribution is 5.92. The van der Waals surface area contributed by atoms with Crippen molar-refractivity contribution < 1.29 is 4.79 Å². The van der Waals surface area contributed by atoms with Gasteiger partial charge in [0.25, 0.3) is 11.5 Å². The third-order valence-electron chi connectivity index (χ3n) is 5.21. The van der Waals surface area contributed by atoms with E-state index in [0.29, 0.717) is 17.4 Å². The molecule has 0 radical (unpaired) electrons. The normalized spacial score (nSPS) is 10.7. The van der Waals surface area contributed by atoms with Crippen molar-refractivity contribution in [3.05, 3.63) is 76.3 Å². The predicted molar refractivity (Wildman–Crippen MR) is 139 cm³/mol. The van der Waals surface area contributed by atoms with Crippen molar-refractivity contribution in [1.82, 2.24) is 25.1 Å². The van der Waals surface area contributed by atoms with Gasteiger partial charge < -0.3 is 20.1 Å². The maximum atomic E-state index is 12.3. The Morgan fingerprint density at radius 2 is 1.55 bits per heavy atom. The Morgan fingerprint density at radius 1 is 0.909 bits per heavy atom. The number of amides is 1. The van der Waals surface area contributed by atoms with Crippen molar-refractivity contribution in [3.63, 3.8) is 0 Å². The first-order valence-electron chi connectivity index (χ1n) is 10.7. The fraction of sp³-hybridized carbons (Fsp3) is 0.375. The summed E-state index contributed by atoms with van der Waals surface area (Å²) in [4.78, 5) is 35.8. The molecule has 7 nitrogen and oxygen atoms in total. The molecule has 1 amide bonds. The van der Waals surface area contributed by atoms with Gasteiger partial charge in [0.1, 0.15) is 0 Å². The standard InChI is InChI=1S/C24H31N5O2.2ClH/c1-28(16-9-17-29(2)18-19-10-4-3-5-11-19)15-8-14-25-24(31)22-26-21-13-7-6-12-20(21)23(30)27-22;;/h3-7,10-13H,8-9,14-18H2,1-2H3,(H,25,31)(H,26,27,30);2*1H. The number of H-pyrrole nitrogens is 1. The van der Waals surface area contributed by atoms with Crippen LogP contribution in [0.3, 0.4) is 0 Å². The maximum absolute atomic E-state index is 12.3. The number of aromatic amines is 1. The average Bonchev–Trinajstić information content (AvgIpc) is 2.77. The Morgan fingerprint density at radius 3 is 2.30 bits per heavy atom. The first kappa shape index (κ1) is 28.6. The van der Waals surface area contributed by atoms with E-state index >= 15 is 0 Å². The number of nitrogens with zero attached hydrogens (tertiary/aromatic N) is 3. The monoisotopic (exact) mass is 493 g/mol. The van der Waals surface area contributed by atoms with Crippen LogP contribution >= 0.6 is 24.8 Å². The van der Waals surface area contributed by atoms with E-state index in [2.05, 4.69) is 63.4 Å². The summed E-state index contributed by atoms with van der Waals surface area (Å²) in [6.07, 6.45) is 1.92. The SMILES string of the molecule is CN(CCCNC(=O)c1nc2ccccc2c(=O)[nH]1)CCCN(C)Cc1ccccc1.Cl.Cl. The van der Waals surface area contributed by atoms with Gasteiger partial charge in [-0.2, -0.15) is 0 Å². The lowest BCUT2D eigenvalue weighted by molar-refractivity contribution is 0.0941. The van der Waals surface area contributed by atoms with Gasteiger partial charge in [-0.05, 0) is 64.3 Å². The van der Waals surface area contributed by atoms with E-state index < -0.39 is 0 Å². The summed E-state index contributed by atoms with van der Waals surface area (Å²) >= 11 is 0. The summed E-state index contributed by atoms with van der Waals surface area (Å²) < 4.78 is 0. The van der Waals surface area contributed by atoms with Gasteiger partial charge >= 0.3 is 0 Å². The molecule has 0 fully saturated rings. The molecule has 1 aromatic heterocycles. The van der Waals surface area contributed by atoms with Gasteiger partial charge in [0, 0.05) is 13.1 Å². The van der Waals surface area contributed by atoms with Crippen molar-refractivity contribution in [1.29, 1.82) is 0 Å². The molecule has 0 spiro atoms. The number of para-hydroxylation sites is 1. The van der Waals surface area contributed by atoms with Gasteiger partial charge in [-0.3, -0.25) is 9.59 Å². The van der Waals surface area contributed by atoms with E-state index in [1.165, 1.54) is 5.56 Å². The maximum Gasteiger partial charge on any atom is 0.287 e. The zero-order chi connectivity index (χ0) is 22.1. The molecule has 0 atom stereocenters. The minimum absolute atomic E-state index is 0. The number of aromatic nitrogens is 2. The number of halogens is 2. The number of carbonyl (C=O) groups excluding carboxylic acids is 1. The summed E-state index contributed by atoms with van der Waals surface area (Å²) in [7, 11) is 4.25. The van der Waals surface area contributed by atoms with Gasteiger partial charge in [0.2, 0.25) is 0 Å². The molecular weight excluding hydrogens is 461 g/mol. The summed E-state index contributed by atoms with van der Waals surface area (Å²) in [6.45, 7) is 4.43. The molecule has 3 aromatic rings. The first-order chi connectivity index (χ1) is 15.0. The number of hydrogen-bond acceptors (Lipinski definition) is 5. The zero-order valence-corrected chi connectivity index (χ0v) is 20.8. The fourth-order valence-corrected chi connectivity index (χ4v) is 3.53. The summed E-state index contributed by atoms with van der Waals surface area (Å²) in [5, 5.41) is 3.32. The lowest BCUT2D eigenvalue weighted by Crippen LogP contribution is -2.31. The second kappa shape index (κ2) is 14.6. The van der Waals surface area contributed by atoms with Gasteiger partial charge in [-0.1, -0.05) is 42.5 Å². The third-order valence-corrected chi connectivity index (χ3v) is 5.21. The van der Waals surface area contributed by atoms with Crippen molar-refractivity contribution in [2.45, 2.75) is 19.4 Å². The van der Waals surface area contributed by atoms with E-state index in [-0.39, 0.29) is 42.1 Å². The van der Waals surface area contributed by atoms with E-state index in [9.17, 15) is 9.59 Å². The summed E-state index contributed by atoms with van der Waals surface area (Å²) in [6, 6.07) is 17.5. The Labute approximate surface area is 207 Å². The Hall–Kier alpha value is -2.45. The molecule has 180 valence electrons. The van der Waals surface area contributed by atoms with Crippen molar-refractivity contribution in [2.24, 2.45) is 0 Å². The van der Waals surface area contributed by atoms with Crippen LogP contribution in [-0.2, 0) is 6.54 Å².